The second-order valence-corrected chi connectivity index (χ2v) is 6.17. The van der Waals surface area contributed by atoms with Crippen LogP contribution >= 0.6 is 0 Å². The molecular formula is C17H23FN2O. The van der Waals surface area contributed by atoms with E-state index in [1.807, 2.05) is 12.1 Å². The van der Waals surface area contributed by atoms with Gasteiger partial charge in [-0.2, -0.15) is 0 Å². The fraction of sp³-hybridized carbons (Fsp3) is 0.529. The van der Waals surface area contributed by atoms with Gasteiger partial charge in [0.05, 0.1) is 18.2 Å². The smallest absolute Gasteiger partial charge is 0.128 e. The summed E-state index contributed by atoms with van der Waals surface area (Å²) in [7, 11) is 0. The van der Waals surface area contributed by atoms with Gasteiger partial charge in [-0.25, -0.2) is 4.39 Å². The molecule has 1 aromatic rings. The lowest BCUT2D eigenvalue weighted by molar-refractivity contribution is -0.130. The molecule has 1 heterocycles. The summed E-state index contributed by atoms with van der Waals surface area (Å²) in [6, 6.07) is 5.13. The molecule has 0 amide bonds. The Morgan fingerprint density at radius 3 is 2.86 bits per heavy atom. The van der Waals surface area contributed by atoms with Crippen LogP contribution in [0.5, 0.6) is 0 Å². The molecule has 0 spiro atoms. The Hall–Kier alpha value is -1.41. The number of nitrogens with zero attached hydrogens (tertiary/aromatic N) is 1. The normalized spacial score (nSPS) is 21.7. The molecular weight excluding hydrogens is 267 g/mol. The molecule has 1 aromatic carbocycles. The summed E-state index contributed by atoms with van der Waals surface area (Å²) >= 11 is 0. The van der Waals surface area contributed by atoms with Gasteiger partial charge >= 0.3 is 0 Å². The van der Waals surface area contributed by atoms with Crippen molar-refractivity contribution < 1.29 is 9.13 Å². The molecule has 1 atom stereocenters. The van der Waals surface area contributed by atoms with Crippen molar-refractivity contribution in [1.82, 2.24) is 4.90 Å². The minimum Gasteiger partial charge on any atom is -0.370 e. The first-order valence-corrected chi connectivity index (χ1v) is 7.27. The van der Waals surface area contributed by atoms with E-state index in [0.29, 0.717) is 17.7 Å². The summed E-state index contributed by atoms with van der Waals surface area (Å²) in [5.74, 6) is 5.37. The minimum atomic E-state index is -0.212. The van der Waals surface area contributed by atoms with Crippen LogP contribution in [-0.4, -0.2) is 36.2 Å². The highest BCUT2D eigenvalue weighted by Gasteiger charge is 2.31. The predicted octanol–water partition coefficient (Wildman–Crippen LogP) is 2.14. The van der Waals surface area contributed by atoms with Crippen LogP contribution < -0.4 is 5.73 Å². The highest BCUT2D eigenvalue weighted by atomic mass is 19.1. The van der Waals surface area contributed by atoms with E-state index in [2.05, 4.69) is 37.5 Å². The van der Waals surface area contributed by atoms with Crippen LogP contribution in [-0.2, 0) is 11.3 Å². The number of halogens is 1. The maximum absolute atomic E-state index is 14.2. The lowest BCUT2D eigenvalue weighted by Crippen LogP contribution is -2.51. The van der Waals surface area contributed by atoms with Gasteiger partial charge in [-0.15, -0.1) is 0 Å². The van der Waals surface area contributed by atoms with E-state index in [9.17, 15) is 4.39 Å². The van der Waals surface area contributed by atoms with Crippen LogP contribution in [0, 0.1) is 17.7 Å². The average Bonchev–Trinajstić information content (AvgIpc) is 2.37. The lowest BCUT2D eigenvalue weighted by Gasteiger charge is -2.41. The average molecular weight is 290 g/mol. The van der Waals surface area contributed by atoms with Crippen molar-refractivity contribution >= 4 is 0 Å². The van der Waals surface area contributed by atoms with Gasteiger partial charge in [0, 0.05) is 30.8 Å². The molecule has 1 saturated heterocycles. The quantitative estimate of drug-likeness (QED) is 0.848. The minimum absolute atomic E-state index is 0.159. The summed E-state index contributed by atoms with van der Waals surface area (Å²) in [5.41, 5.74) is 6.48. The van der Waals surface area contributed by atoms with Gasteiger partial charge in [0.25, 0.3) is 0 Å². The first kappa shape index (κ1) is 16.0. The Morgan fingerprint density at radius 1 is 1.48 bits per heavy atom. The molecule has 0 radical (unpaired) electrons. The van der Waals surface area contributed by atoms with Gasteiger partial charge in [0.1, 0.15) is 5.82 Å². The van der Waals surface area contributed by atoms with Crippen LogP contribution in [0.2, 0.25) is 0 Å². The number of hydrogen-bond donors (Lipinski definition) is 1. The molecule has 0 aliphatic carbocycles. The molecule has 1 unspecified atom stereocenters. The van der Waals surface area contributed by atoms with Gasteiger partial charge in [-0.3, -0.25) is 4.90 Å². The number of nitrogens with two attached hydrogens (primary N) is 1. The van der Waals surface area contributed by atoms with E-state index >= 15 is 0 Å². The zero-order chi connectivity index (χ0) is 15.5. The van der Waals surface area contributed by atoms with Crippen molar-refractivity contribution in [3.05, 3.63) is 35.1 Å². The van der Waals surface area contributed by atoms with Gasteiger partial charge in [0.15, 0.2) is 0 Å². The molecule has 21 heavy (non-hydrogen) atoms. The third-order valence-electron chi connectivity index (χ3n) is 3.42. The van der Waals surface area contributed by atoms with Crippen LogP contribution in [0.4, 0.5) is 4.39 Å². The second kappa shape index (κ2) is 6.57. The highest BCUT2D eigenvalue weighted by molar-refractivity contribution is 5.37. The maximum atomic E-state index is 14.2. The van der Waals surface area contributed by atoms with Crippen molar-refractivity contribution in [2.45, 2.75) is 39.0 Å². The van der Waals surface area contributed by atoms with Crippen LogP contribution in [0.15, 0.2) is 18.2 Å². The largest absolute Gasteiger partial charge is 0.370 e. The van der Waals surface area contributed by atoms with Crippen LogP contribution in [0.1, 0.15) is 31.9 Å². The summed E-state index contributed by atoms with van der Waals surface area (Å²) in [4.78, 5) is 2.23. The molecule has 4 heteroatoms. The lowest BCUT2D eigenvalue weighted by atomic mass is 10.0. The van der Waals surface area contributed by atoms with E-state index in [-0.39, 0.29) is 24.1 Å². The van der Waals surface area contributed by atoms with E-state index in [0.717, 1.165) is 13.1 Å². The molecule has 1 aliphatic heterocycles. The topological polar surface area (TPSA) is 38.5 Å². The number of ether oxygens (including phenoxy) is 1. The van der Waals surface area contributed by atoms with Crippen molar-refractivity contribution in [3.8, 4) is 11.8 Å². The number of morpholine rings is 1. The zero-order valence-electron chi connectivity index (χ0n) is 12.9. The van der Waals surface area contributed by atoms with Crippen LogP contribution in [0.25, 0.3) is 0 Å². The monoisotopic (exact) mass is 290 g/mol. The molecule has 0 aromatic heterocycles. The third-order valence-corrected chi connectivity index (χ3v) is 3.42. The molecule has 1 fully saturated rings. The van der Waals surface area contributed by atoms with Gasteiger partial charge in [-0.1, -0.05) is 17.9 Å². The van der Waals surface area contributed by atoms with Crippen molar-refractivity contribution in [2.24, 2.45) is 5.73 Å². The number of hydrogen-bond acceptors (Lipinski definition) is 3. The third kappa shape index (κ3) is 4.53. The molecule has 2 rings (SSSR count). The van der Waals surface area contributed by atoms with Crippen molar-refractivity contribution in [1.29, 1.82) is 0 Å². The van der Waals surface area contributed by atoms with Gasteiger partial charge in [0.2, 0.25) is 0 Å². The van der Waals surface area contributed by atoms with E-state index in [1.165, 1.54) is 6.07 Å². The Labute approximate surface area is 126 Å². The second-order valence-electron chi connectivity index (χ2n) is 6.17. The SMILES string of the molecule is CC1CN(Cc2ccc(C#CCN)cc2F)CC(C)(C)O1. The Morgan fingerprint density at radius 2 is 2.24 bits per heavy atom. The fourth-order valence-electron chi connectivity index (χ4n) is 2.85. The Kier molecular flexibility index (Phi) is 5.00. The Balaban J connectivity index is 2.09. The predicted molar refractivity (Wildman–Crippen MR) is 82.2 cm³/mol. The molecule has 114 valence electrons. The number of benzene rings is 1. The first-order valence-electron chi connectivity index (χ1n) is 7.27. The molecule has 2 N–H and O–H groups in total. The summed E-state index contributed by atoms with van der Waals surface area (Å²) in [6.45, 7) is 8.67. The maximum Gasteiger partial charge on any atom is 0.128 e. The van der Waals surface area contributed by atoms with Crippen molar-refractivity contribution in [2.75, 3.05) is 19.6 Å². The van der Waals surface area contributed by atoms with Gasteiger partial charge in [-0.05, 0) is 32.9 Å². The number of rotatable bonds is 2. The fourth-order valence-corrected chi connectivity index (χ4v) is 2.85. The zero-order valence-corrected chi connectivity index (χ0v) is 12.9. The van der Waals surface area contributed by atoms with E-state index in [1.54, 1.807) is 0 Å². The van der Waals surface area contributed by atoms with Crippen molar-refractivity contribution in [3.63, 3.8) is 0 Å². The summed E-state index contributed by atoms with van der Waals surface area (Å²) in [5, 5.41) is 0. The van der Waals surface area contributed by atoms with Crippen LogP contribution in [0.3, 0.4) is 0 Å². The highest BCUT2D eigenvalue weighted by Crippen LogP contribution is 2.23. The summed E-state index contributed by atoms with van der Waals surface area (Å²) < 4.78 is 20.0. The first-order chi connectivity index (χ1) is 9.89. The molecule has 1 aliphatic rings. The van der Waals surface area contributed by atoms with E-state index < -0.39 is 0 Å². The molecule has 3 nitrogen and oxygen atoms in total. The summed E-state index contributed by atoms with van der Waals surface area (Å²) in [6.07, 6.45) is 0.159. The Bertz CT molecular complexity index is 560. The standard InChI is InChI=1S/C17H23FN2O/c1-13-10-20(12-17(2,3)21-13)11-15-7-6-14(5-4-8-19)9-16(15)18/h6-7,9,13H,8,10-12,19H2,1-3H3. The van der Waals surface area contributed by atoms with Gasteiger partial charge < -0.3 is 10.5 Å². The molecule has 0 bridgehead atoms. The van der Waals surface area contributed by atoms with E-state index in [4.69, 9.17) is 10.5 Å². The molecule has 0 saturated carbocycles.